The van der Waals surface area contributed by atoms with Crippen LogP contribution in [0.2, 0.25) is 0 Å². The third kappa shape index (κ3) is 6.94. The third-order valence-electron chi connectivity index (χ3n) is 6.43. The number of aromatic nitrogens is 1. The number of nitrogens with two attached hydrogens (primary N) is 1. The molecule has 1 aliphatic heterocycles. The number of carbonyl (C=O) groups is 2. The molecule has 228 valence electrons. The molecule has 2 aromatic carbocycles. The van der Waals surface area contributed by atoms with E-state index in [1.165, 1.54) is 12.2 Å². The molecule has 0 saturated heterocycles. The minimum Gasteiger partial charge on any atom is -0.481 e. The van der Waals surface area contributed by atoms with Crippen LogP contribution in [0.1, 0.15) is 60.2 Å². The van der Waals surface area contributed by atoms with Gasteiger partial charge in [0.15, 0.2) is 10.0 Å². The van der Waals surface area contributed by atoms with Gasteiger partial charge in [-0.2, -0.15) is 31.5 Å². The highest BCUT2D eigenvalue weighted by Crippen LogP contribution is 2.48. The van der Waals surface area contributed by atoms with Crippen LogP contribution < -0.4 is 5.73 Å². The Balaban J connectivity index is 0.000000616. The SMILES string of the molecule is CCCCC(=O)O.CN(C(=O)c1cc(C(F)(F)F)cc(C(F)(F)F)c1)N1N=C(N)SC1(C)c1cn(C)c2ccccc12. The summed E-state index contributed by atoms with van der Waals surface area (Å²) in [5.41, 5.74) is 3.57. The fraction of sp³-hybridized carbons (Fsp3) is 0.370. The Hall–Kier alpha value is -3.88. The van der Waals surface area contributed by atoms with Crippen LogP contribution >= 0.6 is 11.8 Å². The molecule has 3 N–H and O–H groups in total. The minimum absolute atomic E-state index is 0.0289. The first-order chi connectivity index (χ1) is 19.4. The van der Waals surface area contributed by atoms with Crippen molar-refractivity contribution in [3.05, 3.63) is 70.9 Å². The molecule has 1 aliphatic rings. The van der Waals surface area contributed by atoms with Gasteiger partial charge in [0.05, 0.1) is 11.1 Å². The van der Waals surface area contributed by atoms with Crippen LogP contribution in [0.25, 0.3) is 10.9 Å². The number of unbranched alkanes of at least 4 members (excludes halogenated alkanes) is 1. The predicted molar refractivity (Wildman–Crippen MR) is 147 cm³/mol. The van der Waals surface area contributed by atoms with Crippen molar-refractivity contribution in [3.8, 4) is 0 Å². The molecule has 0 spiro atoms. The second-order valence-electron chi connectivity index (χ2n) is 9.60. The summed E-state index contributed by atoms with van der Waals surface area (Å²) in [5.74, 6) is -1.81. The quantitative estimate of drug-likeness (QED) is 0.302. The zero-order valence-electron chi connectivity index (χ0n) is 23.0. The van der Waals surface area contributed by atoms with Crippen LogP contribution in [0.5, 0.6) is 0 Å². The predicted octanol–water partition coefficient (Wildman–Crippen LogP) is 6.62. The monoisotopic (exact) mass is 617 g/mol. The molecule has 2 heterocycles. The molecule has 1 aromatic heterocycles. The van der Waals surface area contributed by atoms with Crippen LogP contribution in [0.15, 0.2) is 53.8 Å². The Kier molecular flexibility index (Phi) is 9.44. The zero-order valence-corrected chi connectivity index (χ0v) is 23.9. The van der Waals surface area contributed by atoms with Gasteiger partial charge in [0.2, 0.25) is 0 Å². The van der Waals surface area contributed by atoms with E-state index in [0.29, 0.717) is 24.1 Å². The van der Waals surface area contributed by atoms with E-state index in [9.17, 15) is 35.9 Å². The smallest absolute Gasteiger partial charge is 0.416 e. The molecule has 0 fully saturated rings. The standard InChI is InChI=1S/C22H19F6N5OS.C5H10O2/c1-20(16-11-31(2)17-7-5-4-6-15(16)17)33(30-19(29)35-20)32(3)18(34)12-8-13(21(23,24)25)10-14(9-12)22(26,27)28;1-2-3-4-5(6)7/h4-11H,1-3H3,(H2,29,30);2-4H2,1H3,(H,6,7). The Morgan fingerprint density at radius 3 is 2.14 bits per heavy atom. The topological polar surface area (TPSA) is 104 Å². The minimum atomic E-state index is -5.08. The number of alkyl halides is 6. The Bertz CT molecular complexity index is 1470. The molecule has 15 heteroatoms. The largest absolute Gasteiger partial charge is 0.481 e. The van der Waals surface area contributed by atoms with Crippen molar-refractivity contribution in [2.45, 2.75) is 50.3 Å². The highest BCUT2D eigenvalue weighted by Gasteiger charge is 2.46. The van der Waals surface area contributed by atoms with Crippen molar-refractivity contribution >= 4 is 39.7 Å². The average molecular weight is 618 g/mol. The number of fused-ring (bicyclic) bond motifs is 1. The van der Waals surface area contributed by atoms with Crippen molar-refractivity contribution in [2.75, 3.05) is 7.05 Å². The van der Waals surface area contributed by atoms with Crippen molar-refractivity contribution in [3.63, 3.8) is 0 Å². The maximum atomic E-state index is 13.3. The Labute approximate surface area is 241 Å². The van der Waals surface area contributed by atoms with Crippen molar-refractivity contribution in [2.24, 2.45) is 17.9 Å². The number of thioether (sulfide) groups is 1. The van der Waals surface area contributed by atoms with Gasteiger partial charge in [0.25, 0.3) is 5.91 Å². The second-order valence-corrected chi connectivity index (χ2v) is 11.0. The summed E-state index contributed by atoms with van der Waals surface area (Å²) in [6, 6.07) is 8.15. The summed E-state index contributed by atoms with van der Waals surface area (Å²) in [5, 5.41) is 15.1. The van der Waals surface area contributed by atoms with Crippen LogP contribution in [-0.2, 0) is 29.1 Å². The number of carbonyl (C=O) groups excluding carboxylic acids is 1. The normalized spacial score (nSPS) is 17.1. The number of halogens is 6. The Morgan fingerprint density at radius 2 is 1.64 bits per heavy atom. The number of hydrazone groups is 1. The lowest BCUT2D eigenvalue weighted by Crippen LogP contribution is -2.48. The lowest BCUT2D eigenvalue weighted by atomic mass is 10.0. The van der Waals surface area contributed by atoms with Crippen LogP contribution in [0, 0.1) is 0 Å². The van der Waals surface area contributed by atoms with Crippen molar-refractivity contribution in [1.82, 2.24) is 14.7 Å². The van der Waals surface area contributed by atoms with Gasteiger partial charge >= 0.3 is 18.3 Å². The van der Waals surface area contributed by atoms with E-state index in [4.69, 9.17) is 10.8 Å². The summed E-state index contributed by atoms with van der Waals surface area (Å²) in [7, 11) is 3.03. The molecule has 0 radical (unpaired) electrons. The van der Waals surface area contributed by atoms with Gasteiger partial charge in [-0.15, -0.1) is 5.10 Å². The van der Waals surface area contributed by atoms with E-state index in [1.54, 1.807) is 6.92 Å². The van der Waals surface area contributed by atoms with Gasteiger partial charge in [-0.3, -0.25) is 9.59 Å². The number of amides is 1. The van der Waals surface area contributed by atoms with Crippen LogP contribution in [0.3, 0.4) is 0 Å². The molecule has 0 saturated carbocycles. The fourth-order valence-corrected chi connectivity index (χ4v) is 5.40. The number of nitrogens with zero attached hydrogens (tertiary/aromatic N) is 4. The van der Waals surface area contributed by atoms with E-state index in [0.717, 1.165) is 40.5 Å². The van der Waals surface area contributed by atoms with Gasteiger partial charge in [-0.25, -0.2) is 5.01 Å². The maximum absolute atomic E-state index is 13.3. The number of carboxylic acids is 1. The number of para-hydroxylation sites is 1. The molecule has 4 rings (SSSR count). The van der Waals surface area contributed by atoms with Gasteiger partial charge in [-0.05, 0) is 49.4 Å². The molecular formula is C27H29F6N5O3S. The molecule has 1 atom stereocenters. The van der Waals surface area contributed by atoms with Crippen LogP contribution in [0.4, 0.5) is 26.3 Å². The second kappa shape index (κ2) is 12.2. The number of amidine groups is 1. The first-order valence-corrected chi connectivity index (χ1v) is 13.4. The number of hydrogen-bond acceptors (Lipinski definition) is 6. The third-order valence-corrected chi connectivity index (χ3v) is 7.50. The summed E-state index contributed by atoms with van der Waals surface area (Å²) in [4.78, 5) is 21.8. The number of benzene rings is 2. The number of aryl methyl sites for hydroxylation is 1. The molecule has 1 amide bonds. The first kappa shape index (κ1) is 32.6. The number of rotatable bonds is 6. The van der Waals surface area contributed by atoms with Gasteiger partial charge in [0.1, 0.15) is 0 Å². The summed E-state index contributed by atoms with van der Waals surface area (Å²) < 4.78 is 81.7. The molecule has 8 nitrogen and oxygen atoms in total. The molecule has 42 heavy (non-hydrogen) atoms. The molecular weight excluding hydrogens is 588 g/mol. The summed E-state index contributed by atoms with van der Waals surface area (Å²) >= 11 is 1.10. The van der Waals surface area contributed by atoms with Gasteiger partial charge in [-0.1, -0.05) is 31.5 Å². The molecule has 0 aliphatic carbocycles. The summed E-state index contributed by atoms with van der Waals surface area (Å²) in [6.07, 6.45) is -6.28. The van der Waals surface area contributed by atoms with E-state index in [1.807, 2.05) is 49.0 Å². The highest BCUT2D eigenvalue weighted by molar-refractivity contribution is 8.14. The van der Waals surface area contributed by atoms with E-state index >= 15 is 0 Å². The summed E-state index contributed by atoms with van der Waals surface area (Å²) in [6.45, 7) is 3.68. The Morgan fingerprint density at radius 1 is 1.07 bits per heavy atom. The fourth-order valence-electron chi connectivity index (χ4n) is 4.36. The van der Waals surface area contributed by atoms with E-state index in [2.05, 4.69) is 5.10 Å². The molecule has 1 unspecified atom stereocenters. The van der Waals surface area contributed by atoms with Crippen LogP contribution in [-0.4, -0.2) is 43.9 Å². The van der Waals surface area contributed by atoms with E-state index in [-0.39, 0.29) is 11.2 Å². The number of aliphatic carboxylic acids is 1. The first-order valence-electron chi connectivity index (χ1n) is 12.6. The number of hydrogen-bond donors (Lipinski definition) is 2. The number of hydrazine groups is 1. The van der Waals surface area contributed by atoms with Crippen molar-refractivity contribution in [1.29, 1.82) is 0 Å². The molecule has 3 aromatic rings. The van der Waals surface area contributed by atoms with E-state index < -0.39 is 45.8 Å². The van der Waals surface area contributed by atoms with Crippen molar-refractivity contribution < 1.29 is 41.0 Å². The maximum Gasteiger partial charge on any atom is 0.416 e. The lowest BCUT2D eigenvalue weighted by molar-refractivity contribution is -0.143. The van der Waals surface area contributed by atoms with Gasteiger partial charge < -0.3 is 15.4 Å². The average Bonchev–Trinajstić information content (AvgIpc) is 3.42. The highest BCUT2D eigenvalue weighted by atomic mass is 32.2. The van der Waals surface area contributed by atoms with Gasteiger partial charge in [0, 0.05) is 48.7 Å². The molecule has 0 bridgehead atoms. The number of carboxylic acid groups (broad SMARTS) is 1. The lowest BCUT2D eigenvalue weighted by Gasteiger charge is -2.38. The zero-order chi connectivity index (χ0) is 31.6.